The number of aromatic nitrogens is 3. The van der Waals surface area contributed by atoms with Crippen LogP contribution in [-0.2, 0) is 24.4 Å². The molecule has 0 atom stereocenters. The molecular weight excluding hydrogens is 610 g/mol. The maximum Gasteiger partial charge on any atom is 1.00 e. The van der Waals surface area contributed by atoms with Gasteiger partial charge in [-0.1, -0.05) is 58.0 Å². The number of carboxylic acid groups (broad SMARTS) is 1. The Morgan fingerprint density at radius 3 is 2.38 bits per heavy atom. The number of pyridine rings is 2. The van der Waals surface area contributed by atoms with E-state index in [0.717, 1.165) is 55.4 Å². The normalized spacial score (nSPS) is 11.4. The van der Waals surface area contributed by atoms with Crippen LogP contribution < -0.4 is 66.0 Å². The molecule has 0 bridgehead atoms. The molecule has 9 heteroatoms. The largest absolute Gasteiger partial charge is 1.00 e. The Balaban J connectivity index is 0.00000461. The van der Waals surface area contributed by atoms with Crippen molar-refractivity contribution in [2.45, 2.75) is 52.2 Å². The number of carbonyl (C=O) groups is 1. The first-order chi connectivity index (χ1) is 21.1. The van der Waals surface area contributed by atoms with E-state index < -0.39 is 11.4 Å². The molecule has 0 aliphatic carbocycles. The summed E-state index contributed by atoms with van der Waals surface area (Å²) in [6.07, 6.45) is 3.90. The fourth-order valence-corrected chi connectivity index (χ4v) is 6.17. The molecular formula is C36H38KN3O4S. The average molecular weight is 648 g/mol. The summed E-state index contributed by atoms with van der Waals surface area (Å²) in [7, 11) is 1.60. The van der Waals surface area contributed by atoms with Gasteiger partial charge in [-0.25, -0.2) is 4.98 Å². The van der Waals surface area contributed by atoms with Gasteiger partial charge in [-0.2, -0.15) is 0 Å². The number of thioether (sulfide) groups is 1. The van der Waals surface area contributed by atoms with Gasteiger partial charge in [0.2, 0.25) is 5.88 Å². The van der Waals surface area contributed by atoms with E-state index in [1.807, 2.05) is 36.4 Å². The molecule has 5 rings (SSSR count). The first-order valence-electron chi connectivity index (χ1n) is 14.8. The first kappa shape index (κ1) is 35.2. The van der Waals surface area contributed by atoms with Gasteiger partial charge in [-0.15, -0.1) is 11.8 Å². The maximum atomic E-state index is 12.2. The summed E-state index contributed by atoms with van der Waals surface area (Å²) in [5, 5.41) is 13.3. The van der Waals surface area contributed by atoms with Crippen LogP contribution in [0.15, 0.2) is 90.1 Å². The Hall–Kier alpha value is -2.66. The van der Waals surface area contributed by atoms with Crippen LogP contribution >= 0.6 is 11.8 Å². The molecule has 3 heterocycles. The predicted octanol–water partition coefficient (Wildman–Crippen LogP) is 3.80. The van der Waals surface area contributed by atoms with Crippen LogP contribution in [0.2, 0.25) is 0 Å². The van der Waals surface area contributed by atoms with Crippen molar-refractivity contribution >= 4 is 28.6 Å². The number of hydrogen-bond donors (Lipinski definition) is 0. The Morgan fingerprint density at radius 1 is 1.00 bits per heavy atom. The number of ether oxygens (including phenoxy) is 2. The monoisotopic (exact) mass is 647 g/mol. The number of methoxy groups -OCH3 is 1. The van der Waals surface area contributed by atoms with E-state index in [2.05, 4.69) is 64.8 Å². The van der Waals surface area contributed by atoms with Crippen molar-refractivity contribution in [2.75, 3.05) is 12.9 Å². The molecule has 0 saturated carbocycles. The van der Waals surface area contributed by atoms with Crippen molar-refractivity contribution in [3.8, 4) is 22.8 Å². The third-order valence-corrected chi connectivity index (χ3v) is 9.08. The summed E-state index contributed by atoms with van der Waals surface area (Å²) in [5.41, 5.74) is 5.00. The molecule has 0 unspecified atom stereocenters. The molecule has 0 amide bonds. The predicted molar refractivity (Wildman–Crippen MR) is 174 cm³/mol. The van der Waals surface area contributed by atoms with Crippen molar-refractivity contribution in [2.24, 2.45) is 11.3 Å². The van der Waals surface area contributed by atoms with Crippen LogP contribution in [-0.4, -0.2) is 33.4 Å². The molecule has 0 N–H and O–H groups in total. The fourth-order valence-electron chi connectivity index (χ4n) is 5.00. The Morgan fingerprint density at radius 2 is 1.76 bits per heavy atom. The van der Waals surface area contributed by atoms with Crippen molar-refractivity contribution < 1.29 is 70.8 Å². The zero-order valence-corrected chi connectivity index (χ0v) is 30.8. The quantitative estimate of drug-likeness (QED) is 0.142. The molecule has 0 aliphatic heterocycles. The van der Waals surface area contributed by atoms with E-state index in [1.165, 1.54) is 0 Å². The Kier molecular flexibility index (Phi) is 12.3. The first-order valence-corrected chi connectivity index (χ1v) is 15.7. The number of carboxylic acids is 1. The molecule has 0 saturated heterocycles. The molecule has 2 aromatic carbocycles. The molecule has 3 aromatic heterocycles. The van der Waals surface area contributed by atoms with Gasteiger partial charge >= 0.3 is 51.4 Å². The van der Waals surface area contributed by atoms with E-state index in [4.69, 9.17) is 9.47 Å². The van der Waals surface area contributed by atoms with Gasteiger partial charge in [-0.3, -0.25) is 4.98 Å². The van der Waals surface area contributed by atoms with Gasteiger partial charge in [-0.05, 0) is 59.9 Å². The van der Waals surface area contributed by atoms with Crippen molar-refractivity contribution in [1.82, 2.24) is 14.5 Å². The SMILES string of the molecule is COc1ccc(-c2ccc(Cn3c(CC(C)(C)C(=O)[O-])c(SCC(C)C)c4cc(OCc5ccccn5)ccc43)cc2)cn1.[K+]. The Bertz CT molecular complexity index is 1720. The fraction of sp³-hybridized carbons (Fsp3) is 0.306. The number of fused-ring (bicyclic) bond motifs is 1. The molecule has 45 heavy (non-hydrogen) atoms. The third kappa shape index (κ3) is 8.78. The second kappa shape index (κ2) is 15.8. The van der Waals surface area contributed by atoms with E-state index in [9.17, 15) is 9.90 Å². The molecule has 228 valence electrons. The number of rotatable bonds is 13. The zero-order valence-electron chi connectivity index (χ0n) is 26.9. The van der Waals surface area contributed by atoms with Gasteiger partial charge in [0, 0.05) is 69.2 Å². The van der Waals surface area contributed by atoms with Gasteiger partial charge in [0.05, 0.1) is 12.8 Å². The van der Waals surface area contributed by atoms with E-state index in [-0.39, 0.29) is 51.4 Å². The molecule has 0 fully saturated rings. The van der Waals surface area contributed by atoms with Crippen LogP contribution in [0.4, 0.5) is 0 Å². The van der Waals surface area contributed by atoms with Gasteiger partial charge in [0.15, 0.2) is 0 Å². The zero-order chi connectivity index (χ0) is 31.3. The van der Waals surface area contributed by atoms with Crippen molar-refractivity contribution in [3.63, 3.8) is 0 Å². The minimum absolute atomic E-state index is 0. The number of benzene rings is 2. The Labute approximate surface area is 312 Å². The second-order valence-corrected chi connectivity index (χ2v) is 13.0. The van der Waals surface area contributed by atoms with Crippen LogP contribution in [0.3, 0.4) is 0 Å². The van der Waals surface area contributed by atoms with Crippen molar-refractivity contribution in [3.05, 3.63) is 102 Å². The van der Waals surface area contributed by atoms with Gasteiger partial charge in [0.25, 0.3) is 0 Å². The molecule has 0 radical (unpaired) electrons. The summed E-state index contributed by atoms with van der Waals surface area (Å²) < 4.78 is 13.6. The van der Waals surface area contributed by atoms with Crippen LogP contribution in [0.5, 0.6) is 11.6 Å². The summed E-state index contributed by atoms with van der Waals surface area (Å²) >= 11 is 1.78. The summed E-state index contributed by atoms with van der Waals surface area (Å²) in [6, 6.07) is 24.2. The average Bonchev–Trinajstić information content (AvgIpc) is 3.30. The summed E-state index contributed by atoms with van der Waals surface area (Å²) in [4.78, 5) is 22.0. The number of aliphatic carboxylic acids is 1. The molecule has 5 aromatic rings. The molecule has 7 nitrogen and oxygen atoms in total. The van der Waals surface area contributed by atoms with E-state index >= 15 is 0 Å². The third-order valence-electron chi connectivity index (χ3n) is 7.50. The van der Waals surface area contributed by atoms with Crippen LogP contribution in [0, 0.1) is 11.3 Å². The van der Waals surface area contributed by atoms with Crippen LogP contribution in [0.25, 0.3) is 22.0 Å². The minimum Gasteiger partial charge on any atom is -0.550 e. The number of hydrogen-bond acceptors (Lipinski definition) is 7. The number of carbonyl (C=O) groups excluding carboxylic acids is 1. The minimum atomic E-state index is -1.06. The van der Waals surface area contributed by atoms with Crippen LogP contribution in [0.1, 0.15) is 44.6 Å². The maximum absolute atomic E-state index is 12.2. The topological polar surface area (TPSA) is 89.3 Å². The van der Waals surface area contributed by atoms with Gasteiger partial charge < -0.3 is 23.9 Å². The second-order valence-electron chi connectivity index (χ2n) is 12.0. The summed E-state index contributed by atoms with van der Waals surface area (Å²) in [6.45, 7) is 8.81. The van der Waals surface area contributed by atoms with Gasteiger partial charge in [0.1, 0.15) is 12.4 Å². The smallest absolute Gasteiger partial charge is 0.550 e. The standard InChI is InChI=1S/C36H39N3O4S.K/c1-24(2)23-44-34-30-18-29(43-22-28-8-6-7-17-37-28)14-15-31(30)39(32(34)19-36(3,4)35(40)41)21-25-9-11-26(12-10-25)27-13-16-33(42-5)38-20-27;/h6-18,20,24H,19,21-23H2,1-5H3,(H,40,41);/q;+1/p-1. The van der Waals surface area contributed by atoms with E-state index in [1.54, 1.807) is 45.1 Å². The molecule has 0 aliphatic rings. The van der Waals surface area contributed by atoms with E-state index in [0.29, 0.717) is 31.4 Å². The summed E-state index contributed by atoms with van der Waals surface area (Å²) in [5.74, 6) is 1.62. The number of nitrogens with zero attached hydrogens (tertiary/aromatic N) is 3. The molecule has 0 spiro atoms. The van der Waals surface area contributed by atoms with Crippen molar-refractivity contribution in [1.29, 1.82) is 0 Å².